The third-order valence-electron chi connectivity index (χ3n) is 4.13. The van der Waals surface area contributed by atoms with Crippen molar-refractivity contribution in [3.63, 3.8) is 0 Å². The second-order valence-electron chi connectivity index (χ2n) is 5.56. The van der Waals surface area contributed by atoms with Gasteiger partial charge in [0.05, 0.1) is 5.52 Å². The van der Waals surface area contributed by atoms with Crippen molar-refractivity contribution in [1.29, 1.82) is 0 Å². The molecule has 3 rings (SSSR count). The Hall–Kier alpha value is -1.94. The highest BCUT2D eigenvalue weighted by atomic mass is 16.2. The lowest BCUT2D eigenvalue weighted by Gasteiger charge is -2.35. The Labute approximate surface area is 118 Å². The van der Waals surface area contributed by atoms with E-state index in [4.69, 9.17) is 5.73 Å². The van der Waals surface area contributed by atoms with Gasteiger partial charge in [-0.25, -0.2) is 0 Å². The zero-order chi connectivity index (χ0) is 14.1. The van der Waals surface area contributed by atoms with Gasteiger partial charge in [-0.05, 0) is 30.5 Å². The summed E-state index contributed by atoms with van der Waals surface area (Å²) in [5.41, 5.74) is 7.62. The van der Waals surface area contributed by atoms with Crippen molar-refractivity contribution < 1.29 is 4.79 Å². The van der Waals surface area contributed by atoms with Crippen LogP contribution in [0.25, 0.3) is 10.9 Å². The summed E-state index contributed by atoms with van der Waals surface area (Å²) in [6.07, 6.45) is 2.62. The second kappa shape index (κ2) is 5.21. The molecular formula is C16H19N3O. The van der Waals surface area contributed by atoms with Gasteiger partial charge in [0.25, 0.3) is 5.91 Å². The maximum absolute atomic E-state index is 12.7. The Balaban J connectivity index is 1.93. The highest BCUT2D eigenvalue weighted by Gasteiger charge is 2.27. The molecule has 4 nitrogen and oxygen atoms in total. The van der Waals surface area contributed by atoms with E-state index in [9.17, 15) is 4.79 Å². The number of aromatic nitrogens is 1. The van der Waals surface area contributed by atoms with Gasteiger partial charge in [-0.2, -0.15) is 0 Å². The van der Waals surface area contributed by atoms with Crippen molar-refractivity contribution >= 4 is 16.8 Å². The monoisotopic (exact) mass is 269 g/mol. The Morgan fingerprint density at radius 3 is 3.00 bits per heavy atom. The summed E-state index contributed by atoms with van der Waals surface area (Å²) in [5.74, 6) is 0.433. The third kappa shape index (κ3) is 2.27. The molecule has 20 heavy (non-hydrogen) atoms. The number of likely N-dealkylation sites (tertiary alicyclic amines) is 1. The molecule has 0 saturated carbocycles. The first kappa shape index (κ1) is 13.1. The number of pyridine rings is 1. The Kier molecular flexibility index (Phi) is 3.40. The van der Waals surface area contributed by atoms with E-state index in [0.29, 0.717) is 5.92 Å². The number of carbonyl (C=O) groups excluding carboxylic acids is 1. The number of carbonyl (C=O) groups is 1. The summed E-state index contributed by atoms with van der Waals surface area (Å²) in [7, 11) is 0. The summed E-state index contributed by atoms with van der Waals surface area (Å²) < 4.78 is 0. The number of rotatable bonds is 1. The standard InChI is InChI=1S/C16H19N3O/c1-11-10-19(9-7-14(11)17)16(20)13-4-2-6-15-12(13)5-3-8-18-15/h2-6,8,11,14H,7,9-10,17H2,1H3. The van der Waals surface area contributed by atoms with Crippen LogP contribution in [0.5, 0.6) is 0 Å². The summed E-state index contributed by atoms with van der Waals surface area (Å²) >= 11 is 0. The molecule has 0 bridgehead atoms. The lowest BCUT2D eigenvalue weighted by atomic mass is 9.94. The molecule has 1 fully saturated rings. The predicted octanol–water partition coefficient (Wildman–Crippen LogP) is 2.04. The average molecular weight is 269 g/mol. The topological polar surface area (TPSA) is 59.2 Å². The minimum atomic E-state index is 0.0855. The first-order valence-electron chi connectivity index (χ1n) is 7.05. The maximum atomic E-state index is 12.7. The van der Waals surface area contributed by atoms with Gasteiger partial charge in [0.1, 0.15) is 0 Å². The summed E-state index contributed by atoms with van der Waals surface area (Å²) in [6, 6.07) is 9.73. The second-order valence-corrected chi connectivity index (χ2v) is 5.56. The first-order valence-corrected chi connectivity index (χ1v) is 7.05. The molecule has 2 heterocycles. The van der Waals surface area contributed by atoms with Gasteiger partial charge in [-0.3, -0.25) is 9.78 Å². The van der Waals surface area contributed by atoms with E-state index in [2.05, 4.69) is 11.9 Å². The molecule has 1 aliphatic heterocycles. The molecule has 2 atom stereocenters. The van der Waals surface area contributed by atoms with Gasteiger partial charge in [0, 0.05) is 36.3 Å². The third-order valence-corrected chi connectivity index (χ3v) is 4.13. The number of fused-ring (bicyclic) bond motifs is 1. The van der Waals surface area contributed by atoms with Crippen molar-refractivity contribution in [2.75, 3.05) is 13.1 Å². The maximum Gasteiger partial charge on any atom is 0.254 e. The molecule has 0 aliphatic carbocycles. The molecule has 104 valence electrons. The van der Waals surface area contributed by atoms with Crippen molar-refractivity contribution in [3.05, 3.63) is 42.1 Å². The van der Waals surface area contributed by atoms with E-state index >= 15 is 0 Å². The number of nitrogens with zero attached hydrogens (tertiary/aromatic N) is 2. The fourth-order valence-electron chi connectivity index (χ4n) is 2.81. The van der Waals surface area contributed by atoms with Crippen LogP contribution in [0.1, 0.15) is 23.7 Å². The molecule has 0 spiro atoms. The Morgan fingerprint density at radius 1 is 1.35 bits per heavy atom. The molecule has 2 aromatic rings. The van der Waals surface area contributed by atoms with Crippen molar-refractivity contribution in [3.8, 4) is 0 Å². The van der Waals surface area contributed by atoms with Crippen molar-refractivity contribution in [2.45, 2.75) is 19.4 Å². The summed E-state index contributed by atoms with van der Waals surface area (Å²) in [5, 5.41) is 0.919. The van der Waals surface area contributed by atoms with Crippen LogP contribution in [-0.2, 0) is 0 Å². The molecule has 1 aliphatic rings. The summed E-state index contributed by atoms with van der Waals surface area (Å²) in [6.45, 7) is 3.58. The molecule has 1 aromatic carbocycles. The van der Waals surface area contributed by atoms with Crippen LogP contribution in [-0.4, -0.2) is 34.9 Å². The highest BCUT2D eigenvalue weighted by molar-refractivity contribution is 6.06. The largest absolute Gasteiger partial charge is 0.338 e. The average Bonchev–Trinajstić information content (AvgIpc) is 2.49. The van der Waals surface area contributed by atoms with Crippen molar-refractivity contribution in [1.82, 2.24) is 9.88 Å². The quantitative estimate of drug-likeness (QED) is 0.862. The molecule has 1 saturated heterocycles. The van der Waals surface area contributed by atoms with Gasteiger partial charge >= 0.3 is 0 Å². The highest BCUT2D eigenvalue weighted by Crippen LogP contribution is 2.21. The fourth-order valence-corrected chi connectivity index (χ4v) is 2.81. The van der Waals surface area contributed by atoms with Crippen molar-refractivity contribution in [2.24, 2.45) is 11.7 Å². The minimum Gasteiger partial charge on any atom is -0.338 e. The lowest BCUT2D eigenvalue weighted by molar-refractivity contribution is 0.0666. The van der Waals surface area contributed by atoms with Gasteiger partial charge < -0.3 is 10.6 Å². The number of nitrogens with two attached hydrogens (primary N) is 1. The zero-order valence-electron chi connectivity index (χ0n) is 11.6. The smallest absolute Gasteiger partial charge is 0.254 e. The lowest BCUT2D eigenvalue weighted by Crippen LogP contribution is -2.48. The van der Waals surface area contributed by atoms with E-state index in [-0.39, 0.29) is 11.9 Å². The van der Waals surface area contributed by atoms with Crippen LogP contribution in [0, 0.1) is 5.92 Å². The van der Waals surface area contributed by atoms with E-state index in [0.717, 1.165) is 36.0 Å². The fraction of sp³-hybridized carbons (Fsp3) is 0.375. The molecule has 2 N–H and O–H groups in total. The van der Waals surface area contributed by atoms with Crippen LogP contribution in [0.15, 0.2) is 36.5 Å². The molecule has 2 unspecified atom stereocenters. The van der Waals surface area contributed by atoms with Crippen LogP contribution in [0.2, 0.25) is 0 Å². The number of hydrogen-bond acceptors (Lipinski definition) is 3. The van der Waals surface area contributed by atoms with Crippen LogP contribution in [0.4, 0.5) is 0 Å². The zero-order valence-corrected chi connectivity index (χ0v) is 11.6. The minimum absolute atomic E-state index is 0.0855. The number of amides is 1. The van der Waals surface area contributed by atoms with E-state index < -0.39 is 0 Å². The van der Waals surface area contributed by atoms with Crippen LogP contribution in [0.3, 0.4) is 0 Å². The number of benzene rings is 1. The molecule has 0 radical (unpaired) electrons. The van der Waals surface area contributed by atoms with Gasteiger partial charge in [-0.1, -0.05) is 19.1 Å². The SMILES string of the molecule is CC1CN(C(=O)c2cccc3ncccc23)CCC1N. The molecule has 1 amide bonds. The van der Waals surface area contributed by atoms with E-state index in [1.165, 1.54) is 0 Å². The Bertz CT molecular complexity index is 635. The predicted molar refractivity (Wildman–Crippen MR) is 79.4 cm³/mol. The van der Waals surface area contributed by atoms with E-state index in [1.54, 1.807) is 6.20 Å². The first-order chi connectivity index (χ1) is 9.66. The molecule has 1 aromatic heterocycles. The molecular weight excluding hydrogens is 250 g/mol. The normalized spacial score (nSPS) is 23.0. The summed E-state index contributed by atoms with van der Waals surface area (Å²) in [4.78, 5) is 18.9. The number of hydrogen-bond donors (Lipinski definition) is 1. The Morgan fingerprint density at radius 2 is 2.20 bits per heavy atom. The van der Waals surface area contributed by atoms with Gasteiger partial charge in [-0.15, -0.1) is 0 Å². The molecule has 4 heteroatoms. The van der Waals surface area contributed by atoms with E-state index in [1.807, 2.05) is 35.2 Å². The van der Waals surface area contributed by atoms with Crippen LogP contribution >= 0.6 is 0 Å². The van der Waals surface area contributed by atoms with Crippen LogP contribution < -0.4 is 5.73 Å². The van der Waals surface area contributed by atoms with Gasteiger partial charge in [0.15, 0.2) is 0 Å². The number of piperidine rings is 1. The van der Waals surface area contributed by atoms with Gasteiger partial charge in [0.2, 0.25) is 0 Å².